The van der Waals surface area contributed by atoms with E-state index in [-0.39, 0.29) is 22.9 Å². The first-order valence-electron chi connectivity index (χ1n) is 10.4. The minimum atomic E-state index is 0.0154. The highest BCUT2D eigenvalue weighted by molar-refractivity contribution is 5.92. The number of nitrogens with two attached hydrogens (primary N) is 1. The summed E-state index contributed by atoms with van der Waals surface area (Å²) in [7, 11) is 1.97. The van der Waals surface area contributed by atoms with Gasteiger partial charge >= 0.3 is 0 Å². The number of hydrogen-bond acceptors (Lipinski definition) is 5. The zero-order chi connectivity index (χ0) is 22.3. The van der Waals surface area contributed by atoms with Crippen LogP contribution < -0.4 is 26.8 Å². The van der Waals surface area contributed by atoms with E-state index >= 15 is 0 Å². The summed E-state index contributed by atoms with van der Waals surface area (Å²) < 4.78 is 0. The smallest absolute Gasteiger partial charge is 0.125 e. The Morgan fingerprint density at radius 1 is 1.20 bits per heavy atom. The molecular weight excluding hydrogens is 374 g/mol. The third-order valence-electron chi connectivity index (χ3n) is 5.83. The fourth-order valence-electron chi connectivity index (χ4n) is 4.67. The number of likely N-dealkylation sites (N-methyl/N-ethyl adjacent to an activating group) is 1. The molecule has 3 rings (SSSR count). The topological polar surface area (TPSA) is 97.4 Å². The summed E-state index contributed by atoms with van der Waals surface area (Å²) in [5, 5.41) is 27.4. The van der Waals surface area contributed by atoms with Crippen molar-refractivity contribution in [2.45, 2.75) is 64.6 Å². The normalized spacial score (nSPS) is 21.2. The quantitative estimate of drug-likeness (QED) is 0.300. The SMILES string of the molecule is CC1=CNc2cc(=C(N)C=CC(=N)N(C)C3CC(C)(C)NC(C)(C)C3)c(O)cc2=C1. The van der Waals surface area contributed by atoms with Crippen LogP contribution >= 0.6 is 0 Å². The fraction of sp³-hybridized carbons (Fsp3) is 0.458. The number of anilines is 1. The zero-order valence-electron chi connectivity index (χ0n) is 18.9. The molecule has 2 heterocycles. The Balaban J connectivity index is 1.82. The monoisotopic (exact) mass is 409 g/mol. The van der Waals surface area contributed by atoms with E-state index in [4.69, 9.17) is 11.1 Å². The molecular formula is C24H35N5O. The van der Waals surface area contributed by atoms with Gasteiger partial charge in [-0.05, 0) is 83.4 Å². The highest BCUT2D eigenvalue weighted by Gasteiger charge is 2.39. The van der Waals surface area contributed by atoms with Gasteiger partial charge < -0.3 is 26.4 Å². The number of allylic oxidation sites excluding steroid dienone is 1. The van der Waals surface area contributed by atoms with Crippen molar-refractivity contribution in [3.63, 3.8) is 0 Å². The van der Waals surface area contributed by atoms with E-state index in [2.05, 4.69) is 38.3 Å². The van der Waals surface area contributed by atoms with Crippen LogP contribution in [-0.2, 0) is 0 Å². The molecule has 2 aliphatic heterocycles. The van der Waals surface area contributed by atoms with Gasteiger partial charge in [0.2, 0.25) is 0 Å². The number of phenolic OH excluding ortho intramolecular Hbond substituents is 1. The van der Waals surface area contributed by atoms with Crippen molar-refractivity contribution < 1.29 is 5.11 Å². The predicted molar refractivity (Wildman–Crippen MR) is 126 cm³/mol. The molecule has 1 fully saturated rings. The third-order valence-corrected chi connectivity index (χ3v) is 5.83. The third kappa shape index (κ3) is 4.87. The van der Waals surface area contributed by atoms with Crippen molar-refractivity contribution >= 4 is 23.3 Å². The minimum Gasteiger partial charge on any atom is -0.507 e. The number of nitrogens with one attached hydrogen (secondary N) is 3. The van der Waals surface area contributed by atoms with E-state index in [9.17, 15) is 5.11 Å². The average molecular weight is 410 g/mol. The maximum atomic E-state index is 10.4. The van der Waals surface area contributed by atoms with Gasteiger partial charge in [-0.15, -0.1) is 0 Å². The maximum absolute atomic E-state index is 10.4. The van der Waals surface area contributed by atoms with Gasteiger partial charge in [-0.25, -0.2) is 0 Å². The molecule has 0 unspecified atom stereocenters. The molecule has 0 aliphatic carbocycles. The van der Waals surface area contributed by atoms with Crippen LogP contribution in [0.1, 0.15) is 47.5 Å². The number of phenols is 1. The molecule has 0 spiro atoms. The first-order valence-corrected chi connectivity index (χ1v) is 10.4. The molecule has 2 aliphatic rings. The standard InChI is InChI=1S/C24H35N5O/c1-15-9-16-10-21(30)18(11-20(16)27-14-15)19(25)7-8-22(26)29(6)17-12-23(2,3)28-24(4,5)13-17/h7-11,14,17,26-28,30H,12-13,25H2,1-6H3. The molecule has 0 atom stereocenters. The van der Waals surface area contributed by atoms with E-state index in [1.165, 1.54) is 0 Å². The van der Waals surface area contributed by atoms with Crippen molar-refractivity contribution in [1.29, 1.82) is 5.41 Å². The second kappa shape index (κ2) is 7.84. The van der Waals surface area contributed by atoms with Gasteiger partial charge in [-0.2, -0.15) is 0 Å². The van der Waals surface area contributed by atoms with Gasteiger partial charge in [0.05, 0.1) is 0 Å². The maximum Gasteiger partial charge on any atom is 0.125 e. The molecule has 162 valence electrons. The van der Waals surface area contributed by atoms with Crippen molar-refractivity contribution in [3.8, 4) is 5.75 Å². The second-order valence-electron chi connectivity index (χ2n) is 9.87. The molecule has 6 heteroatoms. The molecule has 6 N–H and O–H groups in total. The molecule has 0 aromatic heterocycles. The largest absolute Gasteiger partial charge is 0.507 e. The predicted octanol–water partition coefficient (Wildman–Crippen LogP) is 2.34. The minimum absolute atomic E-state index is 0.0154. The van der Waals surface area contributed by atoms with E-state index in [0.717, 1.165) is 29.3 Å². The number of hydrogen-bond donors (Lipinski definition) is 5. The van der Waals surface area contributed by atoms with Crippen LogP contribution in [0.2, 0.25) is 0 Å². The molecule has 1 aromatic rings. The Morgan fingerprint density at radius 2 is 1.83 bits per heavy atom. The van der Waals surface area contributed by atoms with Crippen LogP contribution in [0, 0.1) is 5.41 Å². The Morgan fingerprint density at radius 3 is 2.47 bits per heavy atom. The lowest BCUT2D eigenvalue weighted by atomic mass is 9.79. The number of rotatable bonds is 3. The highest BCUT2D eigenvalue weighted by atomic mass is 16.3. The van der Waals surface area contributed by atoms with Gasteiger partial charge in [0, 0.05) is 52.2 Å². The average Bonchev–Trinajstić information content (AvgIpc) is 2.62. The van der Waals surface area contributed by atoms with E-state index < -0.39 is 0 Å². The van der Waals surface area contributed by atoms with Gasteiger partial charge in [0.1, 0.15) is 11.6 Å². The van der Waals surface area contributed by atoms with Crippen LogP contribution in [0.3, 0.4) is 0 Å². The molecule has 0 saturated carbocycles. The van der Waals surface area contributed by atoms with Crippen LogP contribution in [0.5, 0.6) is 5.75 Å². The molecule has 0 amide bonds. The van der Waals surface area contributed by atoms with E-state index in [1.54, 1.807) is 18.2 Å². The number of nitrogens with zero attached hydrogens (tertiary/aromatic N) is 1. The summed E-state index contributed by atoms with van der Waals surface area (Å²) in [6.07, 6.45) is 9.26. The zero-order valence-corrected chi connectivity index (χ0v) is 18.9. The Kier molecular flexibility index (Phi) is 5.74. The van der Waals surface area contributed by atoms with Crippen LogP contribution in [0.25, 0.3) is 11.8 Å². The summed E-state index contributed by atoms with van der Waals surface area (Å²) in [4.78, 5) is 2.02. The van der Waals surface area contributed by atoms with Crippen LogP contribution in [0.4, 0.5) is 5.69 Å². The summed E-state index contributed by atoms with van der Waals surface area (Å²) in [5.74, 6) is 0.532. The van der Waals surface area contributed by atoms with Crippen LogP contribution in [-0.4, -0.2) is 40.0 Å². The molecule has 1 aromatic carbocycles. The lowest BCUT2D eigenvalue weighted by Gasteiger charge is -2.49. The fourth-order valence-corrected chi connectivity index (χ4v) is 4.67. The number of amidine groups is 1. The summed E-state index contributed by atoms with van der Waals surface area (Å²) in [5.41, 5.74) is 8.70. The van der Waals surface area contributed by atoms with Crippen molar-refractivity contribution in [3.05, 3.63) is 46.5 Å². The van der Waals surface area contributed by atoms with Crippen molar-refractivity contribution in [2.24, 2.45) is 5.73 Å². The first-order chi connectivity index (χ1) is 13.9. The second-order valence-corrected chi connectivity index (χ2v) is 9.87. The summed E-state index contributed by atoms with van der Waals surface area (Å²) in [6.45, 7) is 10.8. The molecule has 6 nitrogen and oxygen atoms in total. The van der Waals surface area contributed by atoms with Gasteiger partial charge in [-0.1, -0.05) is 0 Å². The lowest BCUT2D eigenvalue weighted by Crippen LogP contribution is -2.62. The number of benzene rings is 1. The van der Waals surface area contributed by atoms with Gasteiger partial charge in [0.15, 0.2) is 0 Å². The highest BCUT2D eigenvalue weighted by Crippen LogP contribution is 2.31. The lowest BCUT2D eigenvalue weighted by molar-refractivity contribution is 0.114. The first kappa shape index (κ1) is 22.0. The van der Waals surface area contributed by atoms with Crippen LogP contribution in [0.15, 0.2) is 36.1 Å². The molecule has 1 saturated heterocycles. The summed E-state index contributed by atoms with van der Waals surface area (Å²) in [6, 6.07) is 3.82. The number of fused-ring (bicyclic) bond motifs is 1. The number of aromatic hydroxyl groups is 1. The molecule has 30 heavy (non-hydrogen) atoms. The van der Waals surface area contributed by atoms with Crippen molar-refractivity contribution in [1.82, 2.24) is 10.2 Å². The Bertz CT molecular complexity index is 1020. The van der Waals surface area contributed by atoms with Gasteiger partial charge in [0.25, 0.3) is 0 Å². The Labute approximate surface area is 179 Å². The Hall–Kier alpha value is -2.73. The van der Waals surface area contributed by atoms with Gasteiger partial charge in [-0.3, -0.25) is 5.41 Å². The van der Waals surface area contributed by atoms with E-state index in [1.807, 2.05) is 37.2 Å². The number of piperidine rings is 1. The summed E-state index contributed by atoms with van der Waals surface area (Å²) >= 11 is 0. The molecule has 0 radical (unpaired) electrons. The van der Waals surface area contributed by atoms with Crippen molar-refractivity contribution in [2.75, 3.05) is 12.4 Å². The molecule has 0 bridgehead atoms. The van der Waals surface area contributed by atoms with E-state index in [0.29, 0.717) is 16.8 Å².